The van der Waals surface area contributed by atoms with Gasteiger partial charge in [-0.2, -0.15) is 0 Å². The van der Waals surface area contributed by atoms with Crippen molar-refractivity contribution in [3.05, 3.63) is 34.4 Å². The van der Waals surface area contributed by atoms with Gasteiger partial charge in [0, 0.05) is 13.1 Å². The Morgan fingerprint density at radius 2 is 2.05 bits per heavy atom. The molecule has 1 aliphatic rings. The molecular weight excluding hydrogens is 276 g/mol. The van der Waals surface area contributed by atoms with Crippen molar-refractivity contribution in [2.75, 3.05) is 13.1 Å². The number of nitrogens with zero attached hydrogens (tertiary/aromatic N) is 1. The fourth-order valence-corrected chi connectivity index (χ4v) is 2.32. The maximum absolute atomic E-state index is 13.2. The third kappa shape index (κ3) is 2.87. The van der Waals surface area contributed by atoms with E-state index in [1.54, 1.807) is 0 Å². The lowest BCUT2D eigenvalue weighted by Crippen LogP contribution is -2.45. The second-order valence-corrected chi connectivity index (χ2v) is 5.24. The molecule has 2 atom stereocenters. The number of aliphatic hydroxyl groups excluding tert-OH is 1. The Bertz CT molecular complexity index is 510. The van der Waals surface area contributed by atoms with Crippen LogP contribution in [0.4, 0.5) is 8.78 Å². The highest BCUT2D eigenvalue weighted by Gasteiger charge is 2.29. The minimum atomic E-state index is -1.11. The first-order valence-electron chi connectivity index (χ1n) is 6.02. The van der Waals surface area contributed by atoms with Crippen molar-refractivity contribution >= 4 is 17.5 Å². The molecule has 0 saturated carbocycles. The summed E-state index contributed by atoms with van der Waals surface area (Å²) in [6, 6.07) is 1.58. The molecule has 1 N–H and O–H groups in total. The molecule has 1 aliphatic heterocycles. The van der Waals surface area contributed by atoms with E-state index < -0.39 is 23.6 Å². The molecule has 6 heteroatoms. The topological polar surface area (TPSA) is 40.5 Å². The first-order chi connectivity index (χ1) is 8.90. The van der Waals surface area contributed by atoms with Gasteiger partial charge in [0.1, 0.15) is 0 Å². The van der Waals surface area contributed by atoms with Gasteiger partial charge >= 0.3 is 0 Å². The average molecular weight is 290 g/mol. The van der Waals surface area contributed by atoms with Crippen LogP contribution in [0.1, 0.15) is 23.7 Å². The van der Waals surface area contributed by atoms with Crippen LogP contribution in [0.3, 0.4) is 0 Å². The Morgan fingerprint density at radius 1 is 1.42 bits per heavy atom. The van der Waals surface area contributed by atoms with E-state index in [0.29, 0.717) is 13.0 Å². The van der Waals surface area contributed by atoms with Crippen molar-refractivity contribution in [1.82, 2.24) is 4.90 Å². The summed E-state index contributed by atoms with van der Waals surface area (Å²) < 4.78 is 26.1. The van der Waals surface area contributed by atoms with Crippen molar-refractivity contribution in [3.8, 4) is 0 Å². The zero-order valence-electron chi connectivity index (χ0n) is 10.4. The average Bonchev–Trinajstić information content (AvgIpc) is 2.36. The van der Waals surface area contributed by atoms with Gasteiger partial charge in [0.05, 0.1) is 16.7 Å². The SMILES string of the molecule is CC1CCN(C(=O)c2cc(F)c(F)cc2Cl)CC1O. The van der Waals surface area contributed by atoms with Crippen molar-refractivity contribution in [3.63, 3.8) is 0 Å². The van der Waals surface area contributed by atoms with Gasteiger partial charge in [0.25, 0.3) is 5.91 Å². The van der Waals surface area contributed by atoms with Gasteiger partial charge < -0.3 is 10.0 Å². The number of hydrogen-bond acceptors (Lipinski definition) is 2. The molecule has 1 aromatic carbocycles. The molecule has 3 nitrogen and oxygen atoms in total. The number of β-amino-alcohol motifs (C(OH)–C–C–N with tert-alkyl or cyclic N) is 1. The fourth-order valence-electron chi connectivity index (χ4n) is 2.09. The molecule has 0 aromatic heterocycles. The molecule has 2 unspecified atom stereocenters. The van der Waals surface area contributed by atoms with Crippen LogP contribution in [-0.2, 0) is 0 Å². The molecule has 0 aliphatic carbocycles. The molecule has 1 aromatic rings. The fraction of sp³-hybridized carbons (Fsp3) is 0.462. The zero-order valence-corrected chi connectivity index (χ0v) is 11.1. The molecule has 104 valence electrons. The van der Waals surface area contributed by atoms with Crippen LogP contribution >= 0.6 is 11.6 Å². The molecule has 1 fully saturated rings. The third-order valence-electron chi connectivity index (χ3n) is 3.45. The summed E-state index contributed by atoms with van der Waals surface area (Å²) in [5, 5.41) is 9.62. The van der Waals surface area contributed by atoms with Crippen LogP contribution in [0, 0.1) is 17.6 Å². The molecule has 1 saturated heterocycles. The summed E-state index contributed by atoms with van der Waals surface area (Å²) in [6.45, 7) is 2.54. The van der Waals surface area contributed by atoms with Crippen molar-refractivity contribution in [1.29, 1.82) is 0 Å². The minimum absolute atomic E-state index is 0.0812. The molecule has 2 rings (SSSR count). The second-order valence-electron chi connectivity index (χ2n) is 4.83. The third-order valence-corrected chi connectivity index (χ3v) is 3.76. The Kier molecular flexibility index (Phi) is 4.06. The second kappa shape index (κ2) is 5.43. The summed E-state index contributed by atoms with van der Waals surface area (Å²) in [5.41, 5.74) is -0.0812. The van der Waals surface area contributed by atoms with Crippen LogP contribution in [0.25, 0.3) is 0 Å². The highest BCUT2D eigenvalue weighted by molar-refractivity contribution is 6.33. The molecule has 19 heavy (non-hydrogen) atoms. The number of hydrogen-bond donors (Lipinski definition) is 1. The van der Waals surface area contributed by atoms with E-state index in [9.17, 15) is 18.7 Å². The Hall–Kier alpha value is -1.20. The summed E-state index contributed by atoms with van der Waals surface area (Å²) in [4.78, 5) is 13.6. The van der Waals surface area contributed by atoms with Gasteiger partial charge in [-0.1, -0.05) is 18.5 Å². The standard InChI is InChI=1S/C13H14ClF2NO2/c1-7-2-3-17(6-12(7)18)13(19)8-4-10(15)11(16)5-9(8)14/h4-5,7,12,18H,2-3,6H2,1H3. The lowest BCUT2D eigenvalue weighted by Gasteiger charge is -2.34. The number of aliphatic hydroxyl groups is 1. The lowest BCUT2D eigenvalue weighted by molar-refractivity contribution is 0.0248. The van der Waals surface area contributed by atoms with E-state index in [4.69, 9.17) is 11.6 Å². The highest BCUT2D eigenvalue weighted by atomic mass is 35.5. The predicted octanol–water partition coefficient (Wildman–Crippen LogP) is 2.46. The molecule has 0 radical (unpaired) electrons. The lowest BCUT2D eigenvalue weighted by atomic mass is 9.95. The first-order valence-corrected chi connectivity index (χ1v) is 6.40. The highest BCUT2D eigenvalue weighted by Crippen LogP contribution is 2.24. The molecule has 1 heterocycles. The van der Waals surface area contributed by atoms with Gasteiger partial charge in [-0.15, -0.1) is 0 Å². The summed E-state index contributed by atoms with van der Waals surface area (Å²) >= 11 is 5.76. The monoisotopic (exact) mass is 289 g/mol. The molecule has 0 bridgehead atoms. The summed E-state index contributed by atoms with van der Waals surface area (Å²) in [7, 11) is 0. The van der Waals surface area contributed by atoms with Crippen LogP contribution < -0.4 is 0 Å². The van der Waals surface area contributed by atoms with Crippen LogP contribution in [0.5, 0.6) is 0 Å². The van der Waals surface area contributed by atoms with E-state index >= 15 is 0 Å². The smallest absolute Gasteiger partial charge is 0.255 e. The number of carbonyl (C=O) groups is 1. The van der Waals surface area contributed by atoms with Gasteiger partial charge in [0.2, 0.25) is 0 Å². The molecular formula is C13H14ClF2NO2. The minimum Gasteiger partial charge on any atom is -0.391 e. The number of carbonyl (C=O) groups excluding carboxylic acids is 1. The molecule has 1 amide bonds. The van der Waals surface area contributed by atoms with E-state index in [1.807, 2.05) is 6.92 Å². The maximum atomic E-state index is 13.2. The van der Waals surface area contributed by atoms with Gasteiger partial charge in [-0.3, -0.25) is 4.79 Å². The van der Waals surface area contributed by atoms with E-state index in [2.05, 4.69) is 0 Å². The quantitative estimate of drug-likeness (QED) is 0.807. The van der Waals surface area contributed by atoms with E-state index in [1.165, 1.54) is 4.90 Å². The Morgan fingerprint density at radius 3 is 2.68 bits per heavy atom. The predicted molar refractivity (Wildman–Crippen MR) is 67.1 cm³/mol. The summed E-state index contributed by atoms with van der Waals surface area (Å²) in [5.74, 6) is -2.58. The van der Waals surface area contributed by atoms with Crippen molar-refractivity contribution < 1.29 is 18.7 Å². The van der Waals surface area contributed by atoms with Crippen LogP contribution in [-0.4, -0.2) is 35.1 Å². The Labute approximate surface area is 114 Å². The van der Waals surface area contributed by atoms with Gasteiger partial charge in [0.15, 0.2) is 11.6 Å². The number of rotatable bonds is 1. The largest absolute Gasteiger partial charge is 0.391 e. The normalized spacial score (nSPS) is 23.5. The van der Waals surface area contributed by atoms with Gasteiger partial charge in [-0.25, -0.2) is 8.78 Å². The number of benzene rings is 1. The van der Waals surface area contributed by atoms with Crippen LogP contribution in [0.2, 0.25) is 5.02 Å². The Balaban J connectivity index is 2.23. The van der Waals surface area contributed by atoms with Crippen molar-refractivity contribution in [2.45, 2.75) is 19.4 Å². The number of likely N-dealkylation sites (tertiary alicyclic amines) is 1. The number of halogens is 3. The number of piperidine rings is 1. The maximum Gasteiger partial charge on any atom is 0.255 e. The van der Waals surface area contributed by atoms with E-state index in [0.717, 1.165) is 12.1 Å². The van der Waals surface area contributed by atoms with E-state index in [-0.39, 0.29) is 23.0 Å². The van der Waals surface area contributed by atoms with Crippen LogP contribution in [0.15, 0.2) is 12.1 Å². The van der Waals surface area contributed by atoms with Crippen molar-refractivity contribution in [2.24, 2.45) is 5.92 Å². The van der Waals surface area contributed by atoms with Gasteiger partial charge in [-0.05, 0) is 24.5 Å². The summed E-state index contributed by atoms with van der Waals surface area (Å²) in [6.07, 6.45) is 0.0514. The first kappa shape index (κ1) is 14.2. The zero-order chi connectivity index (χ0) is 14.2. The number of amides is 1. The molecule has 0 spiro atoms.